The van der Waals surface area contributed by atoms with Crippen molar-refractivity contribution in [2.75, 3.05) is 13.1 Å². The number of amides is 1. The standard InChI is InChI=1S/C21H22N4O2/c26-20(21(14-22-15-21)12-17-9-5-2-6-10-17)23-13-19-24-18(25-27-19)11-16-7-3-1-4-8-16/h1-10,22H,11-15H2,(H,23,26). The number of nitrogens with one attached hydrogen (secondary N) is 2. The van der Waals surface area contributed by atoms with E-state index in [-0.39, 0.29) is 12.5 Å². The smallest absolute Gasteiger partial charge is 0.246 e. The number of aromatic nitrogens is 2. The lowest BCUT2D eigenvalue weighted by Gasteiger charge is -2.41. The molecule has 0 saturated carbocycles. The van der Waals surface area contributed by atoms with Gasteiger partial charge in [0.25, 0.3) is 0 Å². The zero-order valence-corrected chi connectivity index (χ0v) is 15.0. The molecule has 6 nitrogen and oxygen atoms in total. The molecule has 0 radical (unpaired) electrons. The fourth-order valence-corrected chi connectivity index (χ4v) is 3.33. The molecule has 2 aromatic carbocycles. The Morgan fingerprint density at radius 1 is 1.04 bits per heavy atom. The first-order valence-electron chi connectivity index (χ1n) is 9.12. The van der Waals surface area contributed by atoms with Crippen molar-refractivity contribution in [2.45, 2.75) is 19.4 Å². The molecule has 1 aliphatic heterocycles. The summed E-state index contributed by atoms with van der Waals surface area (Å²) in [6.45, 7) is 1.60. The Kier molecular flexibility index (Phi) is 4.98. The second-order valence-electron chi connectivity index (χ2n) is 7.00. The van der Waals surface area contributed by atoms with Crippen LogP contribution in [0.1, 0.15) is 22.8 Å². The highest BCUT2D eigenvalue weighted by Gasteiger charge is 2.44. The normalized spacial score (nSPS) is 15.1. The van der Waals surface area contributed by atoms with E-state index in [1.165, 1.54) is 0 Å². The van der Waals surface area contributed by atoms with Crippen LogP contribution in [-0.2, 0) is 24.2 Å². The SMILES string of the molecule is O=C(NCc1nc(Cc2ccccc2)no1)C1(Cc2ccccc2)CNC1. The summed E-state index contributed by atoms with van der Waals surface area (Å²) in [5, 5.41) is 10.2. The Bertz CT molecular complexity index is 889. The molecule has 3 aromatic rings. The quantitative estimate of drug-likeness (QED) is 0.673. The van der Waals surface area contributed by atoms with E-state index in [4.69, 9.17) is 4.52 Å². The first kappa shape index (κ1) is 17.4. The number of carbonyl (C=O) groups is 1. The Labute approximate surface area is 158 Å². The molecule has 6 heteroatoms. The summed E-state index contributed by atoms with van der Waals surface area (Å²) < 4.78 is 5.28. The van der Waals surface area contributed by atoms with Crippen LogP contribution in [0, 0.1) is 5.41 Å². The molecule has 1 saturated heterocycles. The lowest BCUT2D eigenvalue weighted by Crippen LogP contribution is -2.62. The molecule has 0 aliphatic carbocycles. The summed E-state index contributed by atoms with van der Waals surface area (Å²) >= 11 is 0. The fourth-order valence-electron chi connectivity index (χ4n) is 3.33. The highest BCUT2D eigenvalue weighted by Crippen LogP contribution is 2.28. The van der Waals surface area contributed by atoms with Crippen LogP contribution in [0.3, 0.4) is 0 Å². The Morgan fingerprint density at radius 3 is 2.33 bits per heavy atom. The van der Waals surface area contributed by atoms with Crippen LogP contribution in [0.5, 0.6) is 0 Å². The number of hydrogen-bond acceptors (Lipinski definition) is 5. The van der Waals surface area contributed by atoms with Gasteiger partial charge in [-0.3, -0.25) is 4.79 Å². The predicted octanol–water partition coefficient (Wildman–Crippen LogP) is 2.11. The van der Waals surface area contributed by atoms with Crippen LogP contribution in [-0.4, -0.2) is 29.1 Å². The lowest BCUT2D eigenvalue weighted by molar-refractivity contribution is -0.134. The van der Waals surface area contributed by atoms with Crippen molar-refractivity contribution in [2.24, 2.45) is 5.41 Å². The van der Waals surface area contributed by atoms with Gasteiger partial charge in [0.1, 0.15) is 0 Å². The molecule has 0 unspecified atom stereocenters. The zero-order valence-electron chi connectivity index (χ0n) is 15.0. The van der Waals surface area contributed by atoms with Crippen LogP contribution in [0.15, 0.2) is 65.2 Å². The van der Waals surface area contributed by atoms with Crippen molar-refractivity contribution in [3.63, 3.8) is 0 Å². The maximum absolute atomic E-state index is 12.8. The second kappa shape index (κ2) is 7.72. The number of rotatable bonds is 7. The molecule has 4 rings (SSSR count). The van der Waals surface area contributed by atoms with Crippen LogP contribution >= 0.6 is 0 Å². The lowest BCUT2D eigenvalue weighted by atomic mass is 9.75. The van der Waals surface area contributed by atoms with Gasteiger partial charge in [0.05, 0.1) is 12.0 Å². The molecule has 1 fully saturated rings. The van der Waals surface area contributed by atoms with Crippen LogP contribution < -0.4 is 10.6 Å². The van der Waals surface area contributed by atoms with Gasteiger partial charge in [0.2, 0.25) is 11.8 Å². The zero-order chi connectivity index (χ0) is 18.5. The minimum atomic E-state index is -0.408. The predicted molar refractivity (Wildman–Crippen MR) is 101 cm³/mol. The summed E-state index contributed by atoms with van der Waals surface area (Å²) in [5.74, 6) is 1.07. The van der Waals surface area contributed by atoms with Crippen LogP contribution in [0.2, 0.25) is 0 Å². The van der Waals surface area contributed by atoms with Gasteiger partial charge >= 0.3 is 0 Å². The van der Waals surface area contributed by atoms with Crippen molar-refractivity contribution < 1.29 is 9.32 Å². The molecular weight excluding hydrogens is 340 g/mol. The third-order valence-corrected chi connectivity index (χ3v) is 4.91. The van der Waals surface area contributed by atoms with Gasteiger partial charge in [0.15, 0.2) is 5.82 Å². The van der Waals surface area contributed by atoms with Crippen molar-refractivity contribution in [1.82, 2.24) is 20.8 Å². The van der Waals surface area contributed by atoms with Gasteiger partial charge in [-0.2, -0.15) is 4.98 Å². The number of hydrogen-bond donors (Lipinski definition) is 2. The maximum atomic E-state index is 12.8. The number of carbonyl (C=O) groups excluding carboxylic acids is 1. The first-order valence-corrected chi connectivity index (χ1v) is 9.12. The minimum Gasteiger partial charge on any atom is -0.346 e. The van der Waals surface area contributed by atoms with E-state index in [0.717, 1.165) is 17.5 Å². The van der Waals surface area contributed by atoms with Crippen molar-refractivity contribution in [3.05, 3.63) is 83.5 Å². The van der Waals surface area contributed by atoms with Gasteiger partial charge < -0.3 is 15.2 Å². The maximum Gasteiger partial charge on any atom is 0.246 e. The van der Waals surface area contributed by atoms with Crippen molar-refractivity contribution >= 4 is 5.91 Å². The first-order chi connectivity index (χ1) is 13.2. The van der Waals surface area contributed by atoms with E-state index in [0.29, 0.717) is 31.2 Å². The monoisotopic (exact) mass is 362 g/mol. The summed E-state index contributed by atoms with van der Waals surface area (Å²) in [6.07, 6.45) is 1.33. The molecular formula is C21H22N4O2. The van der Waals surface area contributed by atoms with Crippen molar-refractivity contribution in [1.29, 1.82) is 0 Å². The van der Waals surface area contributed by atoms with E-state index in [9.17, 15) is 4.79 Å². The topological polar surface area (TPSA) is 80.1 Å². The summed E-state index contributed by atoms with van der Waals surface area (Å²) in [7, 11) is 0. The molecule has 138 valence electrons. The van der Waals surface area contributed by atoms with Crippen LogP contribution in [0.25, 0.3) is 0 Å². The Hall–Kier alpha value is -2.99. The van der Waals surface area contributed by atoms with E-state index in [1.54, 1.807) is 0 Å². The molecule has 1 aliphatic rings. The summed E-state index contributed by atoms with van der Waals surface area (Å²) in [6, 6.07) is 20.1. The van der Waals surface area contributed by atoms with Gasteiger partial charge in [-0.05, 0) is 17.5 Å². The highest BCUT2D eigenvalue weighted by molar-refractivity contribution is 5.84. The molecule has 0 spiro atoms. The minimum absolute atomic E-state index is 0.0212. The third-order valence-electron chi connectivity index (χ3n) is 4.91. The van der Waals surface area contributed by atoms with Crippen molar-refractivity contribution in [3.8, 4) is 0 Å². The Balaban J connectivity index is 1.35. The van der Waals surface area contributed by atoms with E-state index >= 15 is 0 Å². The molecule has 1 amide bonds. The Morgan fingerprint density at radius 2 is 1.70 bits per heavy atom. The number of nitrogens with zero attached hydrogens (tertiary/aromatic N) is 2. The summed E-state index contributed by atoms with van der Waals surface area (Å²) in [5.41, 5.74) is 1.88. The molecule has 0 atom stereocenters. The number of benzene rings is 2. The average molecular weight is 362 g/mol. The molecule has 2 N–H and O–H groups in total. The molecule has 0 bridgehead atoms. The molecule has 1 aromatic heterocycles. The molecule has 2 heterocycles. The van der Waals surface area contributed by atoms with E-state index in [1.807, 2.05) is 48.5 Å². The average Bonchev–Trinajstić information content (AvgIpc) is 3.12. The van der Waals surface area contributed by atoms with E-state index < -0.39 is 5.41 Å². The van der Waals surface area contributed by atoms with Gasteiger partial charge in [-0.1, -0.05) is 65.8 Å². The summed E-state index contributed by atoms with van der Waals surface area (Å²) in [4.78, 5) is 17.2. The van der Waals surface area contributed by atoms with Crippen LogP contribution in [0.4, 0.5) is 0 Å². The van der Waals surface area contributed by atoms with E-state index in [2.05, 4.69) is 32.9 Å². The fraction of sp³-hybridized carbons (Fsp3) is 0.286. The van der Waals surface area contributed by atoms with Gasteiger partial charge in [-0.25, -0.2) is 0 Å². The third kappa shape index (κ3) is 4.06. The molecule has 27 heavy (non-hydrogen) atoms. The van der Waals surface area contributed by atoms with Gasteiger partial charge in [0, 0.05) is 19.5 Å². The largest absolute Gasteiger partial charge is 0.346 e. The van der Waals surface area contributed by atoms with Gasteiger partial charge in [-0.15, -0.1) is 0 Å². The second-order valence-corrected chi connectivity index (χ2v) is 7.00. The highest BCUT2D eigenvalue weighted by atomic mass is 16.5.